The number of amides is 2. The van der Waals surface area contributed by atoms with E-state index in [9.17, 15) is 27.0 Å². The fraction of sp³-hybridized carbons (Fsp3) is 0.0714. The molecule has 1 unspecified atom stereocenters. The van der Waals surface area contributed by atoms with Crippen LogP contribution in [0.5, 0.6) is 0 Å². The smallest absolute Gasteiger partial charge is 0.325 e. The highest BCUT2D eigenvalue weighted by atomic mass is 32.2. The lowest BCUT2D eigenvalue weighted by molar-refractivity contribution is -0.137. The molecule has 0 aliphatic rings. The summed E-state index contributed by atoms with van der Waals surface area (Å²) in [6, 6.07) is 4.02. The van der Waals surface area contributed by atoms with E-state index in [-0.39, 0.29) is 0 Å². The number of carbonyl (C=O) groups excluding carboxylic acids is 2. The number of anilines is 2. The van der Waals surface area contributed by atoms with E-state index in [1.54, 1.807) is 17.5 Å². The summed E-state index contributed by atoms with van der Waals surface area (Å²) in [6.45, 7) is 0. The first-order chi connectivity index (χ1) is 12.6. The van der Waals surface area contributed by atoms with Crippen molar-refractivity contribution < 1.29 is 35.7 Å². The molecule has 2 aromatic rings. The van der Waals surface area contributed by atoms with Crippen molar-refractivity contribution in [3.8, 4) is 0 Å². The van der Waals surface area contributed by atoms with Crippen LogP contribution in [0.15, 0.2) is 35.9 Å². The molecule has 8 nitrogen and oxygen atoms in total. The van der Waals surface area contributed by atoms with Crippen LogP contribution in [0, 0.1) is 0 Å². The Kier molecular flexibility index (Phi) is 6.65. The zero-order chi connectivity index (χ0) is 20.0. The molecule has 2 amide bonds. The third kappa shape index (κ3) is 6.47. The molecule has 0 aromatic carbocycles. The van der Waals surface area contributed by atoms with Crippen LogP contribution >= 0.6 is 11.3 Å². The normalized spacial score (nSPS) is 12.6. The van der Waals surface area contributed by atoms with Crippen LogP contribution in [0.1, 0.15) is 10.4 Å². The summed E-state index contributed by atoms with van der Waals surface area (Å²) < 4.78 is 61.4. The van der Waals surface area contributed by atoms with Gasteiger partial charge in [0.05, 0.1) is 11.3 Å². The van der Waals surface area contributed by atoms with Gasteiger partial charge in [-0.15, -0.1) is 11.3 Å². The molecule has 2 aromatic heterocycles. The van der Waals surface area contributed by atoms with Gasteiger partial charge >= 0.3 is 23.6 Å². The maximum atomic E-state index is 12.9. The molecule has 0 aliphatic heterocycles. The van der Waals surface area contributed by atoms with Crippen molar-refractivity contribution >= 4 is 52.3 Å². The fourth-order valence-electron chi connectivity index (χ4n) is 1.72. The summed E-state index contributed by atoms with van der Waals surface area (Å²) in [5.74, 6) is -1.29. The molecule has 13 heteroatoms. The monoisotopic (exact) mass is 421 g/mol. The summed E-state index contributed by atoms with van der Waals surface area (Å²) in [6.07, 6.45) is -3.25. The molecule has 0 spiro atoms. The van der Waals surface area contributed by atoms with Crippen LogP contribution in [0.4, 0.5) is 29.5 Å². The van der Waals surface area contributed by atoms with Gasteiger partial charge in [-0.05, 0) is 23.6 Å². The molecule has 3 N–H and O–H groups in total. The van der Waals surface area contributed by atoms with Gasteiger partial charge in [-0.3, -0.25) is 14.7 Å². The van der Waals surface area contributed by atoms with Gasteiger partial charge in [0, 0.05) is 17.2 Å². The first-order valence-electron chi connectivity index (χ1n) is 6.85. The van der Waals surface area contributed by atoms with Crippen molar-refractivity contribution in [1.82, 2.24) is 4.98 Å². The number of halogens is 3. The van der Waals surface area contributed by atoms with Gasteiger partial charge < -0.3 is 9.50 Å². The van der Waals surface area contributed by atoms with Crippen molar-refractivity contribution in [3.05, 3.63) is 46.3 Å². The van der Waals surface area contributed by atoms with E-state index >= 15 is 0 Å². The molecular weight excluding hydrogens is 411 g/mol. The summed E-state index contributed by atoms with van der Waals surface area (Å²) >= 11 is -1.60. The minimum absolute atomic E-state index is 0.419. The molecule has 0 aliphatic carbocycles. The third-order valence-electron chi connectivity index (χ3n) is 2.78. The van der Waals surface area contributed by atoms with Crippen LogP contribution < -0.4 is 10.6 Å². The van der Waals surface area contributed by atoms with Gasteiger partial charge in [0.1, 0.15) is 0 Å². The standard InChI is InChI=1S/C14H10F3N3O5S2/c15-14(16,17)8-6-10(12(18-7-8)20-13(22)25-27(23)24)19-11(21)4-3-9-2-1-5-26-9/h1-7H,(H,19,21)(H,23,24)(H,18,20,22). The number of hydrogen-bond acceptors (Lipinski definition) is 6. The Balaban J connectivity index is 2.24. The first-order valence-corrected chi connectivity index (χ1v) is 8.76. The van der Waals surface area contributed by atoms with Gasteiger partial charge in [0.25, 0.3) is 0 Å². The van der Waals surface area contributed by atoms with E-state index in [1.165, 1.54) is 17.4 Å². The quantitative estimate of drug-likeness (QED) is 0.502. The van der Waals surface area contributed by atoms with Crippen molar-refractivity contribution in [2.24, 2.45) is 0 Å². The van der Waals surface area contributed by atoms with Crippen molar-refractivity contribution in [1.29, 1.82) is 0 Å². The van der Waals surface area contributed by atoms with Crippen LogP contribution in [-0.2, 0) is 26.5 Å². The highest BCUT2D eigenvalue weighted by Gasteiger charge is 2.32. The number of nitrogens with zero attached hydrogens (tertiary/aromatic N) is 1. The minimum atomic E-state index is -4.75. The zero-order valence-corrected chi connectivity index (χ0v) is 14.7. The molecule has 0 fully saturated rings. The van der Waals surface area contributed by atoms with E-state index in [0.717, 1.165) is 11.0 Å². The Labute approximate surface area is 156 Å². The number of alkyl halides is 3. The lowest BCUT2D eigenvalue weighted by atomic mass is 10.2. The van der Waals surface area contributed by atoms with Gasteiger partial charge in [-0.1, -0.05) is 6.07 Å². The average Bonchev–Trinajstić information content (AvgIpc) is 3.06. The molecule has 144 valence electrons. The molecule has 27 heavy (non-hydrogen) atoms. The predicted molar refractivity (Wildman–Crippen MR) is 92.1 cm³/mol. The maximum absolute atomic E-state index is 12.9. The largest absolute Gasteiger partial charge is 0.428 e. The third-order valence-corrected chi connectivity index (χ3v) is 3.91. The molecular formula is C14H10F3N3O5S2. The molecule has 0 saturated carbocycles. The van der Waals surface area contributed by atoms with Crippen molar-refractivity contribution in [2.45, 2.75) is 6.18 Å². The number of hydrogen-bond donors (Lipinski definition) is 3. The van der Waals surface area contributed by atoms with Crippen LogP contribution in [0.3, 0.4) is 0 Å². The molecule has 0 bridgehead atoms. The molecule has 2 rings (SSSR count). The average molecular weight is 421 g/mol. The SMILES string of the molecule is O=C(C=Cc1cccs1)Nc1cc(C(F)(F)F)cnc1NC(=O)OS(=O)O. The molecule has 0 saturated heterocycles. The van der Waals surface area contributed by atoms with E-state index < -0.39 is 46.6 Å². The van der Waals surface area contributed by atoms with Crippen LogP contribution in [0.2, 0.25) is 0 Å². The summed E-state index contributed by atoms with van der Waals surface area (Å²) in [4.78, 5) is 27.4. The minimum Gasteiger partial charge on any atom is -0.325 e. The van der Waals surface area contributed by atoms with E-state index in [4.69, 9.17) is 4.55 Å². The second-order valence-electron chi connectivity index (χ2n) is 4.67. The Morgan fingerprint density at radius 1 is 1.33 bits per heavy atom. The fourth-order valence-corrected chi connectivity index (χ4v) is 2.50. The topological polar surface area (TPSA) is 118 Å². The van der Waals surface area contributed by atoms with E-state index in [0.29, 0.717) is 12.3 Å². The van der Waals surface area contributed by atoms with Crippen LogP contribution in [-0.4, -0.2) is 25.7 Å². The number of carbonyl (C=O) groups is 2. The molecule has 1 atom stereocenters. The zero-order valence-electron chi connectivity index (χ0n) is 13.0. The number of pyridine rings is 1. The number of rotatable bonds is 5. The lowest BCUT2D eigenvalue weighted by Crippen LogP contribution is -2.19. The van der Waals surface area contributed by atoms with E-state index in [1.807, 2.05) is 5.32 Å². The number of nitrogens with one attached hydrogen (secondary N) is 2. The first kappa shape index (κ1) is 20.5. The Bertz CT molecular complexity index is 885. The highest BCUT2D eigenvalue weighted by Crippen LogP contribution is 2.32. The summed E-state index contributed by atoms with van der Waals surface area (Å²) in [5.41, 5.74) is -1.66. The van der Waals surface area contributed by atoms with Crippen molar-refractivity contribution in [3.63, 3.8) is 0 Å². The Hall–Kier alpha value is -2.77. The second-order valence-corrected chi connectivity index (χ2v) is 6.25. The second kappa shape index (κ2) is 8.75. The Morgan fingerprint density at radius 2 is 2.07 bits per heavy atom. The predicted octanol–water partition coefficient (Wildman–Crippen LogP) is 3.50. The lowest BCUT2D eigenvalue weighted by Gasteiger charge is -2.13. The van der Waals surface area contributed by atoms with Crippen molar-refractivity contribution in [2.75, 3.05) is 10.6 Å². The van der Waals surface area contributed by atoms with E-state index in [2.05, 4.69) is 14.5 Å². The van der Waals surface area contributed by atoms with Gasteiger partial charge in [0.2, 0.25) is 5.91 Å². The Morgan fingerprint density at radius 3 is 2.67 bits per heavy atom. The molecule has 2 heterocycles. The van der Waals surface area contributed by atoms with Gasteiger partial charge in [-0.2, -0.15) is 17.4 Å². The highest BCUT2D eigenvalue weighted by molar-refractivity contribution is 7.74. The van der Waals surface area contributed by atoms with Gasteiger partial charge in [-0.25, -0.2) is 9.78 Å². The number of thiophene rings is 1. The van der Waals surface area contributed by atoms with Gasteiger partial charge in [0.15, 0.2) is 5.82 Å². The van der Waals surface area contributed by atoms with Crippen LogP contribution in [0.25, 0.3) is 6.08 Å². The maximum Gasteiger partial charge on any atom is 0.428 e. The summed E-state index contributed by atoms with van der Waals surface area (Å²) in [5, 5.41) is 5.79. The molecule has 0 radical (unpaired) electrons. The summed E-state index contributed by atoms with van der Waals surface area (Å²) in [7, 11) is 0. The number of aromatic nitrogens is 1.